The average molecular weight is 239 g/mol. The number of amides is 1. The molecule has 1 atom stereocenters. The number of carbonyl (C=O) groups excluding carboxylic acids is 1. The number of carboxylic acid groups (broad SMARTS) is 1. The zero-order valence-corrected chi connectivity index (χ0v) is 10.6. The molecule has 2 rings (SSSR count). The topological polar surface area (TPSA) is 57.6 Å². The van der Waals surface area contributed by atoms with Crippen molar-refractivity contribution in [1.82, 2.24) is 4.90 Å². The lowest BCUT2D eigenvalue weighted by Crippen LogP contribution is -2.45. The Kier molecular flexibility index (Phi) is 3.15. The standard InChI is InChI=1S/C13H21NO3/c1-9(2)13(5-6-13)8-14-7-10(12(16)17)3-4-11(14)15/h9-10H,3-8H2,1-2H3,(H,16,17). The molecule has 17 heavy (non-hydrogen) atoms. The van der Waals surface area contributed by atoms with Crippen LogP contribution in [-0.4, -0.2) is 35.0 Å². The van der Waals surface area contributed by atoms with Gasteiger partial charge in [-0.25, -0.2) is 0 Å². The zero-order chi connectivity index (χ0) is 12.6. The van der Waals surface area contributed by atoms with E-state index in [1.54, 1.807) is 4.90 Å². The van der Waals surface area contributed by atoms with Gasteiger partial charge in [0.2, 0.25) is 5.91 Å². The van der Waals surface area contributed by atoms with Crippen LogP contribution in [0.1, 0.15) is 39.5 Å². The van der Waals surface area contributed by atoms with E-state index in [0.29, 0.717) is 25.3 Å². The lowest BCUT2D eigenvalue weighted by molar-refractivity contribution is -0.148. The van der Waals surface area contributed by atoms with Crippen molar-refractivity contribution in [1.29, 1.82) is 0 Å². The highest BCUT2D eigenvalue weighted by Crippen LogP contribution is 2.52. The second-order valence-electron chi connectivity index (χ2n) is 5.87. The van der Waals surface area contributed by atoms with Gasteiger partial charge in [0.05, 0.1) is 5.92 Å². The summed E-state index contributed by atoms with van der Waals surface area (Å²) in [5.41, 5.74) is 0.274. The maximum absolute atomic E-state index is 11.8. The van der Waals surface area contributed by atoms with Gasteiger partial charge in [-0.15, -0.1) is 0 Å². The van der Waals surface area contributed by atoms with Crippen molar-refractivity contribution in [2.45, 2.75) is 39.5 Å². The van der Waals surface area contributed by atoms with E-state index >= 15 is 0 Å². The third kappa shape index (κ3) is 2.45. The van der Waals surface area contributed by atoms with Crippen LogP contribution < -0.4 is 0 Å². The van der Waals surface area contributed by atoms with E-state index in [4.69, 9.17) is 5.11 Å². The third-order valence-electron chi connectivity index (χ3n) is 4.47. The predicted octanol–water partition coefficient (Wildman–Crippen LogP) is 1.75. The van der Waals surface area contributed by atoms with Crippen LogP contribution in [0.3, 0.4) is 0 Å². The minimum absolute atomic E-state index is 0.134. The molecule has 0 aromatic heterocycles. The van der Waals surface area contributed by atoms with Gasteiger partial charge >= 0.3 is 5.97 Å². The monoisotopic (exact) mass is 239 g/mol. The maximum Gasteiger partial charge on any atom is 0.308 e. The number of nitrogens with zero attached hydrogens (tertiary/aromatic N) is 1. The summed E-state index contributed by atoms with van der Waals surface area (Å²) in [4.78, 5) is 24.6. The lowest BCUT2D eigenvalue weighted by Gasteiger charge is -2.35. The molecule has 96 valence electrons. The van der Waals surface area contributed by atoms with Crippen molar-refractivity contribution in [3.63, 3.8) is 0 Å². The van der Waals surface area contributed by atoms with E-state index in [-0.39, 0.29) is 17.2 Å². The summed E-state index contributed by atoms with van der Waals surface area (Å²) in [7, 11) is 0. The van der Waals surface area contributed by atoms with E-state index in [9.17, 15) is 9.59 Å². The van der Waals surface area contributed by atoms with Gasteiger partial charge in [0.1, 0.15) is 0 Å². The molecule has 1 saturated carbocycles. The molecule has 4 heteroatoms. The van der Waals surface area contributed by atoms with Gasteiger partial charge in [0.15, 0.2) is 0 Å². The summed E-state index contributed by atoms with van der Waals surface area (Å²) in [5, 5.41) is 9.03. The first-order valence-corrected chi connectivity index (χ1v) is 6.45. The Morgan fingerprint density at radius 3 is 2.65 bits per heavy atom. The second-order valence-corrected chi connectivity index (χ2v) is 5.87. The molecule has 1 saturated heterocycles. The molecular formula is C13H21NO3. The van der Waals surface area contributed by atoms with Crippen LogP contribution >= 0.6 is 0 Å². The largest absolute Gasteiger partial charge is 0.481 e. The number of hydrogen-bond donors (Lipinski definition) is 1. The fourth-order valence-corrected chi connectivity index (χ4v) is 2.73. The number of aliphatic carboxylic acids is 1. The Bertz CT molecular complexity index is 334. The van der Waals surface area contributed by atoms with E-state index in [1.165, 1.54) is 12.8 Å². The Hall–Kier alpha value is -1.06. The minimum Gasteiger partial charge on any atom is -0.481 e. The normalized spacial score (nSPS) is 27.4. The molecule has 0 radical (unpaired) electrons. The van der Waals surface area contributed by atoms with Crippen LogP contribution in [0.15, 0.2) is 0 Å². The summed E-state index contributed by atoms with van der Waals surface area (Å²) in [6.07, 6.45) is 3.24. The molecule has 0 aromatic rings. The number of rotatable bonds is 4. The van der Waals surface area contributed by atoms with Gasteiger partial charge in [0.25, 0.3) is 0 Å². The van der Waals surface area contributed by atoms with Crippen molar-refractivity contribution >= 4 is 11.9 Å². The number of carboxylic acids is 1. The number of hydrogen-bond acceptors (Lipinski definition) is 2. The van der Waals surface area contributed by atoms with Gasteiger partial charge in [-0.05, 0) is 30.6 Å². The number of piperidine rings is 1. The van der Waals surface area contributed by atoms with Crippen LogP contribution in [0.4, 0.5) is 0 Å². The van der Waals surface area contributed by atoms with Crippen LogP contribution in [0.25, 0.3) is 0 Å². The summed E-state index contributed by atoms with van der Waals surface area (Å²) in [6.45, 7) is 5.54. The third-order valence-corrected chi connectivity index (χ3v) is 4.47. The Labute approximate surface area is 102 Å². The second kappa shape index (κ2) is 4.31. The zero-order valence-electron chi connectivity index (χ0n) is 10.6. The summed E-state index contributed by atoms with van der Waals surface area (Å²) in [6, 6.07) is 0. The van der Waals surface area contributed by atoms with E-state index in [1.807, 2.05) is 0 Å². The van der Waals surface area contributed by atoms with Crippen molar-refractivity contribution in [2.24, 2.45) is 17.3 Å². The van der Waals surface area contributed by atoms with Crippen molar-refractivity contribution in [3.8, 4) is 0 Å². The molecule has 0 spiro atoms. The molecule has 4 nitrogen and oxygen atoms in total. The quantitative estimate of drug-likeness (QED) is 0.813. The van der Waals surface area contributed by atoms with Gasteiger partial charge in [-0.1, -0.05) is 13.8 Å². The molecular weight excluding hydrogens is 218 g/mol. The Morgan fingerprint density at radius 2 is 2.18 bits per heavy atom. The van der Waals surface area contributed by atoms with E-state index in [0.717, 1.165) is 6.54 Å². The molecule has 1 amide bonds. The minimum atomic E-state index is -0.767. The van der Waals surface area contributed by atoms with E-state index < -0.39 is 5.97 Å². The highest BCUT2D eigenvalue weighted by molar-refractivity contribution is 5.80. The molecule has 1 heterocycles. The summed E-state index contributed by atoms with van der Waals surface area (Å²) >= 11 is 0. The first-order valence-electron chi connectivity index (χ1n) is 6.45. The van der Waals surface area contributed by atoms with Crippen LogP contribution in [-0.2, 0) is 9.59 Å². The first-order chi connectivity index (χ1) is 7.94. The predicted molar refractivity (Wildman–Crippen MR) is 63.4 cm³/mol. The lowest BCUT2D eigenvalue weighted by atomic mass is 9.89. The van der Waals surface area contributed by atoms with Crippen LogP contribution in [0, 0.1) is 17.3 Å². The van der Waals surface area contributed by atoms with Crippen LogP contribution in [0.2, 0.25) is 0 Å². The van der Waals surface area contributed by atoms with E-state index in [2.05, 4.69) is 13.8 Å². The fraction of sp³-hybridized carbons (Fsp3) is 0.846. The van der Waals surface area contributed by atoms with Gasteiger partial charge in [-0.2, -0.15) is 0 Å². The van der Waals surface area contributed by atoms with Gasteiger partial charge in [0, 0.05) is 19.5 Å². The molecule has 1 N–H and O–H groups in total. The highest BCUT2D eigenvalue weighted by Gasteiger charge is 2.48. The number of carbonyl (C=O) groups is 2. The Balaban J connectivity index is 1.99. The van der Waals surface area contributed by atoms with Crippen LogP contribution in [0.5, 0.6) is 0 Å². The molecule has 0 bridgehead atoms. The Morgan fingerprint density at radius 1 is 1.53 bits per heavy atom. The summed E-state index contributed by atoms with van der Waals surface area (Å²) < 4.78 is 0. The molecule has 1 unspecified atom stereocenters. The van der Waals surface area contributed by atoms with Gasteiger partial charge < -0.3 is 10.0 Å². The molecule has 1 aliphatic heterocycles. The van der Waals surface area contributed by atoms with Crippen molar-refractivity contribution in [3.05, 3.63) is 0 Å². The number of likely N-dealkylation sites (tertiary alicyclic amines) is 1. The molecule has 0 aromatic carbocycles. The molecule has 2 aliphatic rings. The summed E-state index contributed by atoms with van der Waals surface area (Å²) in [5.74, 6) is -0.428. The highest BCUT2D eigenvalue weighted by atomic mass is 16.4. The fourth-order valence-electron chi connectivity index (χ4n) is 2.73. The SMILES string of the molecule is CC(C)C1(CN2CC(C(=O)O)CCC2=O)CC1. The van der Waals surface area contributed by atoms with Crippen molar-refractivity contribution in [2.75, 3.05) is 13.1 Å². The molecule has 2 fully saturated rings. The average Bonchev–Trinajstić information content (AvgIpc) is 3.02. The van der Waals surface area contributed by atoms with Crippen molar-refractivity contribution < 1.29 is 14.7 Å². The maximum atomic E-state index is 11.8. The smallest absolute Gasteiger partial charge is 0.308 e. The van der Waals surface area contributed by atoms with Gasteiger partial charge in [-0.3, -0.25) is 9.59 Å². The molecule has 1 aliphatic carbocycles. The first kappa shape index (κ1) is 12.4.